The molecule has 29 heavy (non-hydrogen) atoms. The predicted octanol–water partition coefficient (Wildman–Crippen LogP) is 5.17. The van der Waals surface area contributed by atoms with Gasteiger partial charge in [0.05, 0.1) is 19.0 Å². The van der Waals surface area contributed by atoms with Crippen LogP contribution < -0.4 is 14.8 Å². The lowest BCUT2D eigenvalue weighted by atomic mass is 10.0. The first-order valence-corrected chi connectivity index (χ1v) is 10.7. The third-order valence-corrected chi connectivity index (χ3v) is 5.61. The van der Waals surface area contributed by atoms with Crippen LogP contribution in [0.15, 0.2) is 77.7 Å². The SMILES string of the molecule is O=C(CSc1ccc2c(c1)OCCCO2)Nc1ccccc1Cc1ccccc1. The van der Waals surface area contributed by atoms with Crippen molar-refractivity contribution in [1.29, 1.82) is 0 Å². The van der Waals surface area contributed by atoms with Crippen molar-refractivity contribution in [2.45, 2.75) is 17.7 Å². The van der Waals surface area contributed by atoms with Gasteiger partial charge in [-0.1, -0.05) is 48.5 Å². The van der Waals surface area contributed by atoms with Gasteiger partial charge in [-0.3, -0.25) is 4.79 Å². The van der Waals surface area contributed by atoms with Crippen molar-refractivity contribution in [1.82, 2.24) is 0 Å². The average Bonchev–Trinajstić information content (AvgIpc) is 2.99. The zero-order chi connectivity index (χ0) is 19.9. The number of amides is 1. The maximum absolute atomic E-state index is 12.5. The molecule has 0 fully saturated rings. The number of rotatable bonds is 6. The van der Waals surface area contributed by atoms with Crippen LogP contribution in [-0.4, -0.2) is 24.9 Å². The first-order valence-electron chi connectivity index (χ1n) is 9.72. The maximum atomic E-state index is 12.5. The molecule has 0 saturated carbocycles. The monoisotopic (exact) mass is 405 g/mol. The number of carbonyl (C=O) groups is 1. The molecule has 3 aromatic carbocycles. The van der Waals surface area contributed by atoms with Gasteiger partial charge in [-0.2, -0.15) is 0 Å². The second-order valence-corrected chi connectivity index (χ2v) is 7.86. The molecule has 0 atom stereocenters. The summed E-state index contributed by atoms with van der Waals surface area (Å²) < 4.78 is 11.4. The van der Waals surface area contributed by atoms with Crippen LogP contribution in [0.3, 0.4) is 0 Å². The standard InChI is InChI=1S/C24H23NO3S/c26-24(17-29-20-11-12-22-23(16-20)28-14-6-13-27-22)25-21-10-5-4-9-19(21)15-18-7-2-1-3-8-18/h1-5,7-12,16H,6,13-15,17H2,(H,25,26). The van der Waals surface area contributed by atoms with Crippen LogP contribution in [0.5, 0.6) is 11.5 Å². The van der Waals surface area contributed by atoms with E-state index in [0.29, 0.717) is 19.0 Å². The quantitative estimate of drug-likeness (QED) is 0.575. The van der Waals surface area contributed by atoms with Crippen LogP contribution in [-0.2, 0) is 11.2 Å². The first kappa shape index (κ1) is 19.4. The Kier molecular flexibility index (Phi) is 6.37. The lowest BCUT2D eigenvalue weighted by Crippen LogP contribution is -2.15. The zero-order valence-corrected chi connectivity index (χ0v) is 16.9. The van der Waals surface area contributed by atoms with Crippen LogP contribution in [0, 0.1) is 0 Å². The van der Waals surface area contributed by atoms with E-state index in [-0.39, 0.29) is 5.91 Å². The van der Waals surface area contributed by atoms with E-state index in [2.05, 4.69) is 23.5 Å². The third kappa shape index (κ3) is 5.33. The predicted molar refractivity (Wildman–Crippen MR) is 117 cm³/mol. The van der Waals surface area contributed by atoms with Crippen molar-refractivity contribution in [2.24, 2.45) is 0 Å². The minimum absolute atomic E-state index is 0.0253. The fourth-order valence-electron chi connectivity index (χ4n) is 3.18. The number of benzene rings is 3. The minimum Gasteiger partial charge on any atom is -0.490 e. The van der Waals surface area contributed by atoms with Gasteiger partial charge in [0.25, 0.3) is 0 Å². The van der Waals surface area contributed by atoms with Crippen LogP contribution in [0.4, 0.5) is 5.69 Å². The summed E-state index contributed by atoms with van der Waals surface area (Å²) in [6, 6.07) is 24.0. The highest BCUT2D eigenvalue weighted by Crippen LogP contribution is 2.34. The number of carbonyl (C=O) groups excluding carboxylic acids is 1. The largest absolute Gasteiger partial charge is 0.490 e. The molecule has 1 aliphatic rings. The second kappa shape index (κ2) is 9.52. The number of thioether (sulfide) groups is 1. The van der Waals surface area contributed by atoms with E-state index in [1.54, 1.807) is 0 Å². The second-order valence-electron chi connectivity index (χ2n) is 6.82. The Morgan fingerprint density at radius 3 is 2.52 bits per heavy atom. The smallest absolute Gasteiger partial charge is 0.234 e. The van der Waals surface area contributed by atoms with E-state index in [4.69, 9.17) is 9.47 Å². The molecule has 4 nitrogen and oxygen atoms in total. The fourth-order valence-corrected chi connectivity index (χ4v) is 3.91. The van der Waals surface area contributed by atoms with Gasteiger partial charge in [0.2, 0.25) is 5.91 Å². The fraction of sp³-hybridized carbons (Fsp3) is 0.208. The first-order chi connectivity index (χ1) is 14.3. The molecule has 0 aromatic heterocycles. The Bertz CT molecular complexity index is 975. The molecule has 0 saturated heterocycles. The van der Waals surface area contributed by atoms with Crippen molar-refractivity contribution in [3.63, 3.8) is 0 Å². The lowest BCUT2D eigenvalue weighted by molar-refractivity contribution is -0.113. The highest BCUT2D eigenvalue weighted by atomic mass is 32.2. The van der Waals surface area contributed by atoms with Gasteiger partial charge in [-0.05, 0) is 41.8 Å². The Labute approximate surface area is 175 Å². The van der Waals surface area contributed by atoms with Crippen LogP contribution in [0.1, 0.15) is 17.5 Å². The molecular formula is C24H23NO3S. The maximum Gasteiger partial charge on any atom is 0.234 e. The Hall–Kier alpha value is -2.92. The number of hydrogen-bond donors (Lipinski definition) is 1. The molecule has 0 spiro atoms. The number of anilines is 1. The summed E-state index contributed by atoms with van der Waals surface area (Å²) in [5.41, 5.74) is 3.18. The summed E-state index contributed by atoms with van der Waals surface area (Å²) in [4.78, 5) is 13.5. The van der Waals surface area contributed by atoms with Gasteiger partial charge in [0, 0.05) is 17.0 Å². The minimum atomic E-state index is -0.0253. The molecule has 1 N–H and O–H groups in total. The molecule has 1 heterocycles. The molecule has 0 bridgehead atoms. The number of ether oxygens (including phenoxy) is 2. The van der Waals surface area contributed by atoms with Gasteiger partial charge >= 0.3 is 0 Å². The average molecular weight is 406 g/mol. The molecular weight excluding hydrogens is 382 g/mol. The molecule has 5 heteroatoms. The van der Waals surface area contributed by atoms with E-state index in [0.717, 1.165) is 40.5 Å². The van der Waals surface area contributed by atoms with E-state index in [9.17, 15) is 4.79 Å². The number of nitrogens with one attached hydrogen (secondary N) is 1. The summed E-state index contributed by atoms with van der Waals surface area (Å²) >= 11 is 1.49. The van der Waals surface area contributed by atoms with Gasteiger partial charge in [-0.15, -0.1) is 11.8 Å². The molecule has 4 rings (SSSR count). The molecule has 0 radical (unpaired) electrons. The van der Waals surface area contributed by atoms with Crippen LogP contribution in [0.25, 0.3) is 0 Å². The van der Waals surface area contributed by atoms with E-state index in [1.165, 1.54) is 17.3 Å². The highest BCUT2D eigenvalue weighted by molar-refractivity contribution is 8.00. The zero-order valence-electron chi connectivity index (χ0n) is 16.1. The molecule has 1 amide bonds. The van der Waals surface area contributed by atoms with Gasteiger partial charge in [0.15, 0.2) is 11.5 Å². The Morgan fingerprint density at radius 2 is 1.66 bits per heavy atom. The van der Waals surface area contributed by atoms with Crippen molar-refractivity contribution in [2.75, 3.05) is 24.3 Å². The lowest BCUT2D eigenvalue weighted by Gasteiger charge is -2.12. The number of para-hydroxylation sites is 1. The van der Waals surface area contributed by atoms with Crippen molar-refractivity contribution in [3.8, 4) is 11.5 Å². The van der Waals surface area contributed by atoms with E-state index >= 15 is 0 Å². The summed E-state index contributed by atoms with van der Waals surface area (Å²) in [5, 5.41) is 3.06. The molecule has 1 aliphatic heterocycles. The van der Waals surface area contributed by atoms with E-state index in [1.807, 2.05) is 54.6 Å². The third-order valence-electron chi connectivity index (χ3n) is 4.62. The van der Waals surface area contributed by atoms with Gasteiger partial charge < -0.3 is 14.8 Å². The van der Waals surface area contributed by atoms with Crippen molar-refractivity contribution >= 4 is 23.4 Å². The highest BCUT2D eigenvalue weighted by Gasteiger charge is 2.12. The van der Waals surface area contributed by atoms with Gasteiger partial charge in [0.1, 0.15) is 0 Å². The number of hydrogen-bond acceptors (Lipinski definition) is 4. The summed E-state index contributed by atoms with van der Waals surface area (Å²) in [6.07, 6.45) is 1.66. The summed E-state index contributed by atoms with van der Waals surface area (Å²) in [7, 11) is 0. The van der Waals surface area contributed by atoms with Crippen molar-refractivity contribution in [3.05, 3.63) is 83.9 Å². The van der Waals surface area contributed by atoms with Crippen LogP contribution >= 0.6 is 11.8 Å². The summed E-state index contributed by atoms with van der Waals surface area (Å²) in [5.74, 6) is 1.83. The topological polar surface area (TPSA) is 47.6 Å². The van der Waals surface area contributed by atoms with Gasteiger partial charge in [-0.25, -0.2) is 0 Å². The van der Waals surface area contributed by atoms with E-state index < -0.39 is 0 Å². The van der Waals surface area contributed by atoms with Crippen LogP contribution in [0.2, 0.25) is 0 Å². The molecule has 3 aromatic rings. The Balaban J connectivity index is 1.37. The number of fused-ring (bicyclic) bond motifs is 1. The summed E-state index contributed by atoms with van der Waals surface area (Å²) in [6.45, 7) is 1.32. The molecule has 0 aliphatic carbocycles. The normalized spacial score (nSPS) is 12.8. The Morgan fingerprint density at radius 1 is 0.897 bits per heavy atom. The molecule has 148 valence electrons. The van der Waals surface area contributed by atoms with Crippen molar-refractivity contribution < 1.29 is 14.3 Å². The molecule has 0 unspecified atom stereocenters.